The maximum absolute atomic E-state index is 12.9. The molecule has 0 aromatic heterocycles. The fraction of sp³-hybridized carbons (Fsp3) is 0.348. The number of likely N-dealkylation sites (tertiary alicyclic amines) is 1. The number of benzene rings is 2. The Hall–Kier alpha value is -2.95. The third-order valence-corrected chi connectivity index (χ3v) is 5.13. The van der Waals surface area contributed by atoms with Crippen LogP contribution < -0.4 is 5.32 Å². The van der Waals surface area contributed by atoms with Gasteiger partial charge in [-0.15, -0.1) is 0 Å². The molecule has 1 fully saturated rings. The lowest BCUT2D eigenvalue weighted by Crippen LogP contribution is -2.41. The predicted molar refractivity (Wildman–Crippen MR) is 108 cm³/mol. The van der Waals surface area contributed by atoms with Gasteiger partial charge in [0.2, 0.25) is 11.8 Å². The standard InChI is InChI=1S/C23H26N2O3/c1-17-9-5-6-12-19(17)20(26)13-14-21(27)24-22(18-10-3-2-4-11-18)23(28)25-15-7-8-16-25/h2-6,9-12,22H,7-8,13-16H2,1H3,(H,24,27). The minimum absolute atomic E-state index is 0.0593. The summed E-state index contributed by atoms with van der Waals surface area (Å²) in [5, 5.41) is 2.85. The van der Waals surface area contributed by atoms with Crippen molar-refractivity contribution in [2.24, 2.45) is 0 Å². The number of Topliss-reactive ketones (excluding diaryl/α,β-unsaturated/α-hetero) is 1. The molecule has 1 aliphatic heterocycles. The molecule has 0 saturated carbocycles. The van der Waals surface area contributed by atoms with E-state index in [0.717, 1.165) is 37.1 Å². The number of carbonyl (C=O) groups is 3. The number of aryl methyl sites for hydroxylation is 1. The van der Waals surface area contributed by atoms with Crippen LogP contribution in [0.5, 0.6) is 0 Å². The molecule has 28 heavy (non-hydrogen) atoms. The van der Waals surface area contributed by atoms with Crippen molar-refractivity contribution in [1.82, 2.24) is 10.2 Å². The predicted octanol–water partition coefficient (Wildman–Crippen LogP) is 3.44. The molecule has 5 nitrogen and oxygen atoms in total. The van der Waals surface area contributed by atoms with E-state index >= 15 is 0 Å². The average molecular weight is 378 g/mol. The number of nitrogens with one attached hydrogen (secondary N) is 1. The molecule has 1 saturated heterocycles. The van der Waals surface area contributed by atoms with Crippen LogP contribution in [0.4, 0.5) is 0 Å². The van der Waals surface area contributed by atoms with Crippen molar-refractivity contribution < 1.29 is 14.4 Å². The highest BCUT2D eigenvalue weighted by Gasteiger charge is 2.29. The van der Waals surface area contributed by atoms with Crippen molar-refractivity contribution in [2.45, 2.75) is 38.6 Å². The maximum atomic E-state index is 12.9. The van der Waals surface area contributed by atoms with Gasteiger partial charge in [0.1, 0.15) is 6.04 Å². The van der Waals surface area contributed by atoms with Gasteiger partial charge in [-0.3, -0.25) is 14.4 Å². The SMILES string of the molecule is Cc1ccccc1C(=O)CCC(=O)NC(C(=O)N1CCCC1)c1ccccc1. The summed E-state index contributed by atoms with van der Waals surface area (Å²) in [6.07, 6.45) is 2.16. The highest BCUT2D eigenvalue weighted by atomic mass is 16.2. The Kier molecular flexibility index (Phi) is 6.58. The summed E-state index contributed by atoms with van der Waals surface area (Å²) in [6.45, 7) is 3.33. The second-order valence-corrected chi connectivity index (χ2v) is 7.18. The molecule has 1 heterocycles. The molecule has 3 rings (SSSR count). The summed E-state index contributed by atoms with van der Waals surface area (Å²) >= 11 is 0. The van der Waals surface area contributed by atoms with Gasteiger partial charge in [0, 0.05) is 31.5 Å². The van der Waals surface area contributed by atoms with Gasteiger partial charge < -0.3 is 10.2 Å². The fourth-order valence-electron chi connectivity index (χ4n) is 3.53. The van der Waals surface area contributed by atoms with Gasteiger partial charge in [0.25, 0.3) is 0 Å². The highest BCUT2D eigenvalue weighted by Crippen LogP contribution is 2.20. The molecular weight excluding hydrogens is 352 g/mol. The quantitative estimate of drug-likeness (QED) is 0.751. The van der Waals surface area contributed by atoms with Crippen LogP contribution in [0.1, 0.15) is 53.2 Å². The molecule has 1 N–H and O–H groups in total. The van der Waals surface area contributed by atoms with Crippen LogP contribution in [0.2, 0.25) is 0 Å². The number of rotatable bonds is 7. The second-order valence-electron chi connectivity index (χ2n) is 7.18. The second kappa shape index (κ2) is 9.31. The average Bonchev–Trinajstić information content (AvgIpc) is 3.25. The number of hydrogen-bond acceptors (Lipinski definition) is 3. The minimum atomic E-state index is -0.708. The van der Waals surface area contributed by atoms with E-state index in [-0.39, 0.29) is 30.4 Å². The normalized spacial score (nSPS) is 14.5. The third-order valence-electron chi connectivity index (χ3n) is 5.13. The molecule has 0 aliphatic carbocycles. The van der Waals surface area contributed by atoms with Crippen LogP contribution in [0.25, 0.3) is 0 Å². The number of carbonyl (C=O) groups excluding carboxylic acids is 3. The lowest BCUT2D eigenvalue weighted by atomic mass is 10.0. The van der Waals surface area contributed by atoms with Gasteiger partial charge >= 0.3 is 0 Å². The van der Waals surface area contributed by atoms with Crippen molar-refractivity contribution >= 4 is 17.6 Å². The first-order valence-electron chi connectivity index (χ1n) is 9.78. The summed E-state index contributed by atoms with van der Waals surface area (Å²) < 4.78 is 0. The molecule has 0 bridgehead atoms. The van der Waals surface area contributed by atoms with Crippen LogP contribution in [0, 0.1) is 6.92 Å². The summed E-state index contributed by atoms with van der Waals surface area (Å²) in [7, 11) is 0. The van der Waals surface area contributed by atoms with E-state index < -0.39 is 6.04 Å². The number of hydrogen-bond donors (Lipinski definition) is 1. The summed E-state index contributed by atoms with van der Waals surface area (Å²) in [5.41, 5.74) is 2.31. The van der Waals surface area contributed by atoms with Gasteiger partial charge in [-0.2, -0.15) is 0 Å². The van der Waals surface area contributed by atoms with E-state index in [9.17, 15) is 14.4 Å². The van der Waals surface area contributed by atoms with Crippen LogP contribution in [-0.2, 0) is 9.59 Å². The Morgan fingerprint density at radius 3 is 2.25 bits per heavy atom. The lowest BCUT2D eigenvalue weighted by molar-refractivity contribution is -0.135. The van der Waals surface area contributed by atoms with Crippen molar-refractivity contribution in [3.8, 4) is 0 Å². The summed E-state index contributed by atoms with van der Waals surface area (Å²) in [6, 6.07) is 15.9. The number of nitrogens with zero attached hydrogens (tertiary/aromatic N) is 1. The van der Waals surface area contributed by atoms with Gasteiger partial charge in [-0.05, 0) is 30.9 Å². The molecule has 1 unspecified atom stereocenters. The van der Waals surface area contributed by atoms with Gasteiger partial charge in [0.15, 0.2) is 5.78 Å². The molecule has 1 atom stereocenters. The molecular formula is C23H26N2O3. The molecule has 146 valence electrons. The molecule has 2 amide bonds. The lowest BCUT2D eigenvalue weighted by Gasteiger charge is -2.24. The minimum Gasteiger partial charge on any atom is -0.341 e. The van der Waals surface area contributed by atoms with Crippen LogP contribution in [-0.4, -0.2) is 35.6 Å². The van der Waals surface area contributed by atoms with Crippen LogP contribution in [0.15, 0.2) is 54.6 Å². The Bertz CT molecular complexity index is 842. The first-order valence-corrected chi connectivity index (χ1v) is 9.78. The maximum Gasteiger partial charge on any atom is 0.249 e. The Balaban J connectivity index is 1.65. The van der Waals surface area contributed by atoms with Gasteiger partial charge in [-0.25, -0.2) is 0 Å². The van der Waals surface area contributed by atoms with E-state index in [0.29, 0.717) is 5.56 Å². The van der Waals surface area contributed by atoms with Crippen molar-refractivity contribution in [3.63, 3.8) is 0 Å². The van der Waals surface area contributed by atoms with E-state index in [1.165, 1.54) is 0 Å². The zero-order valence-electron chi connectivity index (χ0n) is 16.2. The van der Waals surface area contributed by atoms with Crippen molar-refractivity contribution in [2.75, 3.05) is 13.1 Å². The molecule has 0 radical (unpaired) electrons. The zero-order chi connectivity index (χ0) is 19.9. The summed E-state index contributed by atoms with van der Waals surface area (Å²) in [5.74, 6) is -0.430. The Morgan fingerprint density at radius 1 is 0.929 bits per heavy atom. The van der Waals surface area contributed by atoms with E-state index in [1.54, 1.807) is 11.0 Å². The smallest absolute Gasteiger partial charge is 0.249 e. The van der Waals surface area contributed by atoms with Crippen molar-refractivity contribution in [1.29, 1.82) is 0 Å². The first-order chi connectivity index (χ1) is 13.6. The highest BCUT2D eigenvalue weighted by molar-refractivity contribution is 5.99. The summed E-state index contributed by atoms with van der Waals surface area (Å²) in [4.78, 5) is 39.7. The molecule has 2 aromatic carbocycles. The Morgan fingerprint density at radius 2 is 1.57 bits per heavy atom. The number of ketones is 1. The van der Waals surface area contributed by atoms with E-state index in [1.807, 2.05) is 55.5 Å². The van der Waals surface area contributed by atoms with Crippen LogP contribution >= 0.6 is 0 Å². The topological polar surface area (TPSA) is 66.5 Å². The molecule has 5 heteroatoms. The van der Waals surface area contributed by atoms with Gasteiger partial charge in [-0.1, -0.05) is 54.6 Å². The van der Waals surface area contributed by atoms with Crippen LogP contribution in [0.3, 0.4) is 0 Å². The van der Waals surface area contributed by atoms with Crippen molar-refractivity contribution in [3.05, 3.63) is 71.3 Å². The van der Waals surface area contributed by atoms with E-state index in [4.69, 9.17) is 0 Å². The third kappa shape index (κ3) is 4.85. The molecule has 1 aliphatic rings. The number of amides is 2. The fourth-order valence-corrected chi connectivity index (χ4v) is 3.53. The Labute approximate surface area is 165 Å². The first kappa shape index (κ1) is 19.8. The largest absolute Gasteiger partial charge is 0.341 e. The monoisotopic (exact) mass is 378 g/mol. The van der Waals surface area contributed by atoms with E-state index in [2.05, 4.69) is 5.32 Å². The molecule has 0 spiro atoms. The zero-order valence-corrected chi connectivity index (χ0v) is 16.2. The molecule has 2 aromatic rings. The van der Waals surface area contributed by atoms with Gasteiger partial charge in [0.05, 0.1) is 0 Å².